The Labute approximate surface area is 166 Å². The van der Waals surface area contributed by atoms with E-state index in [0.717, 1.165) is 22.9 Å². The van der Waals surface area contributed by atoms with Crippen LogP contribution in [0.5, 0.6) is 0 Å². The molecule has 0 bridgehead atoms. The van der Waals surface area contributed by atoms with Crippen LogP contribution in [-0.2, 0) is 14.6 Å². The van der Waals surface area contributed by atoms with Crippen LogP contribution in [0.4, 0.5) is 0 Å². The average Bonchev–Trinajstić information content (AvgIpc) is 3.32. The number of halogens is 1. The number of hydrogen-bond donors (Lipinski definition) is 1. The van der Waals surface area contributed by atoms with E-state index in [1.165, 1.54) is 11.3 Å². The average molecular weight is 427 g/mol. The van der Waals surface area contributed by atoms with Gasteiger partial charge in [0.2, 0.25) is 5.91 Å². The predicted molar refractivity (Wildman–Crippen MR) is 106 cm³/mol. The number of sulfone groups is 1. The lowest BCUT2D eigenvalue weighted by molar-refractivity contribution is -0.132. The first-order chi connectivity index (χ1) is 12.9. The Morgan fingerprint density at radius 2 is 1.93 bits per heavy atom. The minimum atomic E-state index is -3.07. The molecule has 6 nitrogen and oxygen atoms in total. The molecule has 27 heavy (non-hydrogen) atoms. The van der Waals surface area contributed by atoms with Crippen LogP contribution in [0.1, 0.15) is 28.9 Å². The van der Waals surface area contributed by atoms with Crippen LogP contribution in [-0.4, -0.2) is 55.3 Å². The van der Waals surface area contributed by atoms with Gasteiger partial charge in [-0.15, -0.1) is 11.3 Å². The number of rotatable bonds is 5. The van der Waals surface area contributed by atoms with Gasteiger partial charge in [0, 0.05) is 22.2 Å². The molecule has 0 radical (unpaired) electrons. The zero-order valence-electron chi connectivity index (χ0n) is 14.5. The Bertz CT molecular complexity index is 1010. The zero-order valence-corrected chi connectivity index (χ0v) is 16.9. The smallest absolute Gasteiger partial charge is 0.263 e. The summed E-state index contributed by atoms with van der Waals surface area (Å²) in [6.07, 6.45) is 2.25. The van der Waals surface area contributed by atoms with Gasteiger partial charge in [-0.05, 0) is 25.3 Å². The van der Waals surface area contributed by atoms with E-state index in [1.807, 2.05) is 24.3 Å². The first-order valence-electron chi connectivity index (χ1n) is 8.82. The Morgan fingerprint density at radius 3 is 2.56 bits per heavy atom. The maximum absolute atomic E-state index is 12.7. The highest BCUT2D eigenvalue weighted by atomic mass is 35.5. The SMILES string of the molecule is O=C(NCC(=O)N(C1CC1)C1CCS(=O)(=O)C1)c1sc2ccccc2c1Cl. The molecular weight excluding hydrogens is 408 g/mol. The lowest BCUT2D eigenvalue weighted by Crippen LogP contribution is -2.47. The second-order valence-corrected chi connectivity index (χ2v) is 10.7. The van der Waals surface area contributed by atoms with Crippen LogP contribution in [0.25, 0.3) is 10.1 Å². The molecule has 1 atom stereocenters. The summed E-state index contributed by atoms with van der Waals surface area (Å²) in [5, 5.41) is 3.86. The quantitative estimate of drug-likeness (QED) is 0.796. The fraction of sp³-hybridized carbons (Fsp3) is 0.444. The number of carbonyl (C=O) groups excluding carboxylic acids is 2. The standard InChI is InChI=1S/C18H19ClN2O4S2/c19-16-13-3-1-2-4-14(13)26-17(16)18(23)20-9-15(22)21(11-5-6-11)12-7-8-27(24,25)10-12/h1-4,11-12H,5-10H2,(H,20,23). The Balaban J connectivity index is 1.44. The molecule has 1 unspecified atom stereocenters. The molecule has 1 aromatic carbocycles. The lowest BCUT2D eigenvalue weighted by Gasteiger charge is -2.28. The van der Waals surface area contributed by atoms with Gasteiger partial charge < -0.3 is 10.2 Å². The molecule has 0 spiro atoms. The summed E-state index contributed by atoms with van der Waals surface area (Å²) < 4.78 is 24.4. The van der Waals surface area contributed by atoms with E-state index in [0.29, 0.717) is 16.3 Å². The highest BCUT2D eigenvalue weighted by molar-refractivity contribution is 7.91. The Hall–Kier alpha value is -1.64. The number of benzene rings is 1. The third-order valence-electron chi connectivity index (χ3n) is 4.97. The van der Waals surface area contributed by atoms with Crippen molar-refractivity contribution in [3.8, 4) is 0 Å². The molecule has 1 aromatic heterocycles. The van der Waals surface area contributed by atoms with E-state index < -0.39 is 9.84 Å². The van der Waals surface area contributed by atoms with Crippen LogP contribution in [0.2, 0.25) is 5.02 Å². The summed E-state index contributed by atoms with van der Waals surface area (Å²) in [5.74, 6) is -0.474. The molecule has 2 amide bonds. The van der Waals surface area contributed by atoms with E-state index in [9.17, 15) is 18.0 Å². The van der Waals surface area contributed by atoms with Gasteiger partial charge >= 0.3 is 0 Å². The first kappa shape index (κ1) is 18.7. The minimum Gasteiger partial charge on any atom is -0.342 e. The van der Waals surface area contributed by atoms with Crippen molar-refractivity contribution in [2.45, 2.75) is 31.3 Å². The minimum absolute atomic E-state index is 0.0192. The van der Waals surface area contributed by atoms with Crippen LogP contribution >= 0.6 is 22.9 Å². The van der Waals surface area contributed by atoms with Crippen LogP contribution in [0.15, 0.2) is 24.3 Å². The molecule has 2 aromatic rings. The van der Waals surface area contributed by atoms with Gasteiger partial charge in [-0.2, -0.15) is 0 Å². The largest absolute Gasteiger partial charge is 0.342 e. The number of nitrogens with zero attached hydrogens (tertiary/aromatic N) is 1. The molecule has 2 aliphatic rings. The van der Waals surface area contributed by atoms with Gasteiger partial charge in [0.1, 0.15) is 4.88 Å². The number of carbonyl (C=O) groups is 2. The maximum atomic E-state index is 12.7. The molecular formula is C18H19ClN2O4S2. The summed E-state index contributed by atoms with van der Waals surface area (Å²) in [6, 6.07) is 7.30. The lowest BCUT2D eigenvalue weighted by atomic mass is 10.2. The van der Waals surface area contributed by atoms with E-state index >= 15 is 0 Å². The second kappa shape index (κ2) is 7.07. The topological polar surface area (TPSA) is 83.6 Å². The molecule has 2 fully saturated rings. The van der Waals surface area contributed by atoms with Crippen LogP contribution in [0, 0.1) is 0 Å². The van der Waals surface area contributed by atoms with Crippen molar-refractivity contribution >= 4 is 54.7 Å². The zero-order chi connectivity index (χ0) is 19.2. The summed E-state index contributed by atoms with van der Waals surface area (Å²) in [6.45, 7) is -0.156. The van der Waals surface area contributed by atoms with Crippen LogP contribution in [0.3, 0.4) is 0 Å². The summed E-state index contributed by atoms with van der Waals surface area (Å²) in [7, 11) is -3.07. The monoisotopic (exact) mass is 426 g/mol. The van der Waals surface area contributed by atoms with Crippen molar-refractivity contribution in [2.24, 2.45) is 0 Å². The van der Waals surface area contributed by atoms with Gasteiger partial charge in [-0.25, -0.2) is 8.42 Å². The third kappa shape index (κ3) is 3.83. The number of nitrogens with one attached hydrogen (secondary N) is 1. The van der Waals surface area contributed by atoms with Gasteiger partial charge in [0.25, 0.3) is 5.91 Å². The number of amides is 2. The molecule has 2 heterocycles. The first-order valence-corrected chi connectivity index (χ1v) is 11.8. The van der Waals surface area contributed by atoms with Crippen molar-refractivity contribution in [1.82, 2.24) is 10.2 Å². The maximum Gasteiger partial charge on any atom is 0.263 e. The van der Waals surface area contributed by atoms with Gasteiger partial charge in [-0.1, -0.05) is 29.8 Å². The Morgan fingerprint density at radius 1 is 1.19 bits per heavy atom. The molecule has 1 saturated carbocycles. The van der Waals surface area contributed by atoms with Crippen molar-refractivity contribution < 1.29 is 18.0 Å². The molecule has 1 saturated heterocycles. The fourth-order valence-electron chi connectivity index (χ4n) is 3.54. The molecule has 9 heteroatoms. The highest BCUT2D eigenvalue weighted by Gasteiger charge is 2.42. The molecule has 1 aliphatic heterocycles. The van der Waals surface area contributed by atoms with E-state index in [4.69, 9.17) is 11.6 Å². The number of hydrogen-bond acceptors (Lipinski definition) is 5. The number of thiophene rings is 1. The fourth-order valence-corrected chi connectivity index (χ4v) is 6.69. The highest BCUT2D eigenvalue weighted by Crippen LogP contribution is 2.35. The van der Waals surface area contributed by atoms with Gasteiger partial charge in [0.05, 0.1) is 23.1 Å². The summed E-state index contributed by atoms with van der Waals surface area (Å²) in [4.78, 5) is 27.3. The second-order valence-electron chi connectivity index (χ2n) is 7.01. The van der Waals surface area contributed by atoms with Crippen molar-refractivity contribution in [3.05, 3.63) is 34.2 Å². The van der Waals surface area contributed by atoms with Crippen LogP contribution < -0.4 is 5.32 Å². The molecule has 1 aliphatic carbocycles. The normalized spacial score (nSPS) is 21.3. The third-order valence-corrected chi connectivity index (χ3v) is 8.40. The van der Waals surface area contributed by atoms with E-state index in [2.05, 4.69) is 5.32 Å². The van der Waals surface area contributed by atoms with Crippen molar-refractivity contribution in [3.63, 3.8) is 0 Å². The summed E-state index contributed by atoms with van der Waals surface area (Å²) in [5.41, 5.74) is 0. The molecule has 144 valence electrons. The van der Waals surface area contributed by atoms with Crippen molar-refractivity contribution in [1.29, 1.82) is 0 Å². The van der Waals surface area contributed by atoms with Gasteiger partial charge in [0.15, 0.2) is 9.84 Å². The number of fused-ring (bicyclic) bond motifs is 1. The Kier molecular flexibility index (Phi) is 4.90. The molecule has 4 rings (SSSR count). The van der Waals surface area contributed by atoms with E-state index in [-0.39, 0.29) is 41.9 Å². The van der Waals surface area contributed by atoms with Gasteiger partial charge in [-0.3, -0.25) is 9.59 Å². The molecule has 1 N–H and O–H groups in total. The van der Waals surface area contributed by atoms with E-state index in [1.54, 1.807) is 4.90 Å². The predicted octanol–water partition coefficient (Wildman–Crippen LogP) is 2.46. The van der Waals surface area contributed by atoms with Crippen molar-refractivity contribution in [2.75, 3.05) is 18.1 Å². The summed E-state index contributed by atoms with van der Waals surface area (Å²) >= 11 is 7.60.